The molecule has 0 saturated heterocycles. The number of nitrogens with zero attached hydrogens (tertiary/aromatic N) is 6. The molecule has 0 unspecified atom stereocenters. The number of nitrogens with one attached hydrogen (secondary N) is 3. The Balaban J connectivity index is 1.33. The molecule has 11 nitrogen and oxygen atoms in total. The zero-order valence-electron chi connectivity index (χ0n) is 18.2. The van der Waals surface area contributed by atoms with Crippen molar-refractivity contribution in [3.8, 4) is 40.3 Å². The van der Waals surface area contributed by atoms with Crippen LogP contribution in [0.2, 0.25) is 0 Å². The number of ether oxygens (including phenoxy) is 1. The van der Waals surface area contributed by atoms with Crippen molar-refractivity contribution >= 4 is 16.9 Å². The molecular formula is C24H18N10O. The third-order valence-corrected chi connectivity index (χ3v) is 4.92. The molecule has 11 heteroatoms. The molecule has 2 heterocycles. The summed E-state index contributed by atoms with van der Waals surface area (Å²) < 4.78 is 5.92. The number of allylic oxidation sites excluding steroid dienone is 1. The quantitative estimate of drug-likeness (QED) is 0.206. The Morgan fingerprint density at radius 1 is 0.971 bits per heavy atom. The van der Waals surface area contributed by atoms with Gasteiger partial charge < -0.3 is 15.8 Å². The van der Waals surface area contributed by atoms with Crippen LogP contribution in [0, 0.1) is 11.3 Å². The Kier molecular flexibility index (Phi) is 5.83. The third-order valence-electron chi connectivity index (χ3n) is 4.92. The lowest BCUT2D eigenvalue weighted by atomic mass is 10.2. The van der Waals surface area contributed by atoms with E-state index in [1.807, 2.05) is 66.7 Å². The zero-order chi connectivity index (χ0) is 24.0. The van der Waals surface area contributed by atoms with Crippen LogP contribution in [0.5, 0.6) is 11.5 Å². The number of aromatic nitrogens is 7. The van der Waals surface area contributed by atoms with Gasteiger partial charge in [0.2, 0.25) is 5.82 Å². The highest BCUT2D eigenvalue weighted by Crippen LogP contribution is 2.28. The number of nitrogen functional groups attached to an aromatic ring is 1. The molecule has 35 heavy (non-hydrogen) atoms. The largest absolute Gasteiger partial charge is 0.457 e. The third kappa shape index (κ3) is 4.96. The second-order valence-electron chi connectivity index (χ2n) is 7.34. The summed E-state index contributed by atoms with van der Waals surface area (Å²) in [5, 5.41) is 33.1. The van der Waals surface area contributed by atoms with Crippen molar-refractivity contribution in [3.63, 3.8) is 0 Å². The maximum atomic E-state index is 9.31. The van der Waals surface area contributed by atoms with E-state index in [4.69, 9.17) is 10.5 Å². The van der Waals surface area contributed by atoms with E-state index in [2.05, 4.69) is 41.1 Å². The minimum atomic E-state index is 0.206. The van der Waals surface area contributed by atoms with E-state index in [1.54, 1.807) is 12.1 Å². The van der Waals surface area contributed by atoms with Crippen molar-refractivity contribution < 1.29 is 4.74 Å². The molecule has 0 radical (unpaired) electrons. The van der Waals surface area contributed by atoms with Crippen LogP contribution in [0.4, 0.5) is 11.4 Å². The molecule has 0 amide bonds. The molecule has 0 aliphatic carbocycles. The maximum Gasteiger partial charge on any atom is 0.216 e. The Morgan fingerprint density at radius 3 is 2.60 bits per heavy atom. The number of hydrogen-bond acceptors (Lipinski definition) is 9. The predicted molar refractivity (Wildman–Crippen MR) is 130 cm³/mol. The number of benzene rings is 3. The van der Waals surface area contributed by atoms with Gasteiger partial charge in [0.15, 0.2) is 11.6 Å². The van der Waals surface area contributed by atoms with Crippen LogP contribution >= 0.6 is 0 Å². The summed E-state index contributed by atoms with van der Waals surface area (Å²) in [7, 11) is 0. The Morgan fingerprint density at radius 2 is 1.80 bits per heavy atom. The maximum absolute atomic E-state index is 9.31. The highest BCUT2D eigenvalue weighted by atomic mass is 16.5. The molecule has 2 aromatic heterocycles. The minimum Gasteiger partial charge on any atom is -0.457 e. The van der Waals surface area contributed by atoms with E-state index in [0.717, 1.165) is 16.8 Å². The van der Waals surface area contributed by atoms with E-state index in [9.17, 15) is 5.26 Å². The summed E-state index contributed by atoms with van der Waals surface area (Å²) in [6.07, 6.45) is 1.51. The molecule has 0 aliphatic rings. The van der Waals surface area contributed by atoms with Crippen molar-refractivity contribution in [1.82, 2.24) is 35.8 Å². The standard InChI is InChI=1S/C24H18N10O/c25-13-17(24-31-33-34-32-24)14-27-19-5-1-3-15(11-19)22-28-23(30-29-22)16-4-2-6-21(12-16)35-20-9-7-18(26)8-10-20/h1-12,14,27H,26H2,(H,28,29,30)(H,31,32,33,34). The number of nitrogens with two attached hydrogens (primary N) is 1. The van der Waals surface area contributed by atoms with Crippen LogP contribution in [0.15, 0.2) is 79.0 Å². The van der Waals surface area contributed by atoms with E-state index >= 15 is 0 Å². The van der Waals surface area contributed by atoms with Gasteiger partial charge in [-0.25, -0.2) is 4.98 Å². The van der Waals surface area contributed by atoms with Gasteiger partial charge in [-0.3, -0.25) is 5.10 Å². The van der Waals surface area contributed by atoms with Crippen molar-refractivity contribution in [2.24, 2.45) is 0 Å². The second-order valence-corrected chi connectivity index (χ2v) is 7.34. The molecule has 0 fully saturated rings. The number of nitriles is 1. The number of anilines is 2. The first-order valence-corrected chi connectivity index (χ1v) is 10.5. The van der Waals surface area contributed by atoms with E-state index in [0.29, 0.717) is 28.8 Å². The van der Waals surface area contributed by atoms with Crippen LogP contribution in [0.25, 0.3) is 28.3 Å². The Bertz CT molecular complexity index is 1510. The van der Waals surface area contributed by atoms with Crippen LogP contribution < -0.4 is 15.8 Å². The SMILES string of the molecule is N#CC(=CNc1cccc(-c2n[nH]c(-c3cccc(Oc4ccc(N)cc4)c3)n2)c1)c1nn[nH]n1. The van der Waals surface area contributed by atoms with Gasteiger partial charge >= 0.3 is 0 Å². The summed E-state index contributed by atoms with van der Waals surface area (Å²) in [6.45, 7) is 0. The fraction of sp³-hybridized carbons (Fsp3) is 0. The van der Waals surface area contributed by atoms with Crippen LogP contribution in [0.3, 0.4) is 0 Å². The van der Waals surface area contributed by atoms with Gasteiger partial charge in [0, 0.05) is 28.7 Å². The molecule has 0 atom stereocenters. The first kappa shape index (κ1) is 21.4. The molecule has 5 N–H and O–H groups in total. The molecule has 0 aliphatic heterocycles. The van der Waals surface area contributed by atoms with Gasteiger partial charge in [-0.1, -0.05) is 24.3 Å². The van der Waals surface area contributed by atoms with Crippen LogP contribution in [-0.4, -0.2) is 35.8 Å². The summed E-state index contributed by atoms with van der Waals surface area (Å²) >= 11 is 0. The second kappa shape index (κ2) is 9.55. The molecule has 5 aromatic rings. The Labute approximate surface area is 199 Å². The first-order valence-electron chi connectivity index (χ1n) is 10.5. The normalized spacial score (nSPS) is 11.1. The first-order chi connectivity index (χ1) is 17.2. The lowest BCUT2D eigenvalue weighted by Gasteiger charge is -2.07. The molecule has 0 saturated carbocycles. The van der Waals surface area contributed by atoms with E-state index < -0.39 is 0 Å². The van der Waals surface area contributed by atoms with Gasteiger partial charge in [0.25, 0.3) is 0 Å². The van der Waals surface area contributed by atoms with Crippen molar-refractivity contribution in [2.45, 2.75) is 0 Å². The van der Waals surface area contributed by atoms with Crippen molar-refractivity contribution in [1.29, 1.82) is 5.26 Å². The fourth-order valence-corrected chi connectivity index (χ4v) is 3.23. The number of rotatable bonds is 7. The van der Waals surface area contributed by atoms with Crippen molar-refractivity contribution in [2.75, 3.05) is 11.1 Å². The lowest BCUT2D eigenvalue weighted by Crippen LogP contribution is -1.93. The molecule has 170 valence electrons. The number of H-pyrrole nitrogens is 2. The number of aromatic amines is 2. The van der Waals surface area contributed by atoms with Gasteiger partial charge in [-0.2, -0.15) is 15.6 Å². The molecule has 5 rings (SSSR count). The summed E-state index contributed by atoms with van der Waals surface area (Å²) in [4.78, 5) is 4.64. The monoisotopic (exact) mass is 462 g/mol. The highest BCUT2D eigenvalue weighted by Gasteiger charge is 2.10. The number of hydrogen-bond donors (Lipinski definition) is 4. The molecular weight excluding hydrogens is 444 g/mol. The fourth-order valence-electron chi connectivity index (χ4n) is 3.23. The highest BCUT2D eigenvalue weighted by molar-refractivity contribution is 5.75. The zero-order valence-corrected chi connectivity index (χ0v) is 18.2. The minimum absolute atomic E-state index is 0.206. The van der Waals surface area contributed by atoms with Gasteiger partial charge in [0.1, 0.15) is 23.1 Å². The van der Waals surface area contributed by atoms with Crippen LogP contribution in [-0.2, 0) is 0 Å². The van der Waals surface area contributed by atoms with Crippen LogP contribution in [0.1, 0.15) is 5.82 Å². The summed E-state index contributed by atoms with van der Waals surface area (Å²) in [5.41, 5.74) is 9.00. The average Bonchev–Trinajstić information content (AvgIpc) is 3.60. The van der Waals surface area contributed by atoms with Gasteiger partial charge in [-0.15, -0.1) is 10.2 Å². The lowest BCUT2D eigenvalue weighted by molar-refractivity contribution is 0.483. The average molecular weight is 462 g/mol. The van der Waals surface area contributed by atoms with Crippen molar-refractivity contribution in [3.05, 3.63) is 84.8 Å². The molecule has 0 bridgehead atoms. The summed E-state index contributed by atoms with van der Waals surface area (Å²) in [6, 6.07) is 24.3. The Hall–Kier alpha value is -5.50. The number of tetrazole rings is 1. The smallest absolute Gasteiger partial charge is 0.216 e. The molecule has 0 spiro atoms. The van der Waals surface area contributed by atoms with Gasteiger partial charge in [-0.05, 0) is 53.7 Å². The topological polar surface area (TPSA) is 167 Å². The molecule has 3 aromatic carbocycles. The van der Waals surface area contributed by atoms with E-state index in [-0.39, 0.29) is 11.4 Å². The van der Waals surface area contributed by atoms with Gasteiger partial charge in [0.05, 0.1) is 0 Å². The summed E-state index contributed by atoms with van der Waals surface area (Å²) in [5.74, 6) is 2.68. The van der Waals surface area contributed by atoms with E-state index in [1.165, 1.54) is 6.20 Å². The predicted octanol–water partition coefficient (Wildman–Crippen LogP) is 4.00.